The minimum absolute atomic E-state index is 0. The molecule has 3 nitrogen and oxygen atoms in total. The first kappa shape index (κ1) is 14.8. The minimum Gasteiger partial charge on any atom is -0.356 e. The van der Waals surface area contributed by atoms with Gasteiger partial charge in [-0.2, -0.15) is 0 Å². The summed E-state index contributed by atoms with van der Waals surface area (Å²) >= 11 is 1.82. The number of hydrogen-bond donors (Lipinski definition) is 2. The highest BCUT2D eigenvalue weighted by Crippen LogP contribution is 2.26. The van der Waals surface area contributed by atoms with Crippen LogP contribution in [0.2, 0.25) is 0 Å². The van der Waals surface area contributed by atoms with Crippen LogP contribution in [0.4, 0.5) is 0 Å². The quantitative estimate of drug-likeness (QED) is 0.808. The molecule has 0 spiro atoms. The van der Waals surface area contributed by atoms with Gasteiger partial charge in [0, 0.05) is 29.9 Å². The van der Waals surface area contributed by atoms with E-state index >= 15 is 0 Å². The van der Waals surface area contributed by atoms with Gasteiger partial charge in [-0.25, -0.2) is 0 Å². The van der Waals surface area contributed by atoms with Crippen molar-refractivity contribution in [1.82, 2.24) is 10.6 Å². The number of nitrogens with zero attached hydrogens (tertiary/aromatic N) is 1. The van der Waals surface area contributed by atoms with E-state index in [0.717, 1.165) is 32.0 Å². The first-order valence-corrected chi connectivity index (χ1v) is 6.63. The topological polar surface area (TPSA) is 36.4 Å². The van der Waals surface area contributed by atoms with Gasteiger partial charge in [-0.15, -0.1) is 35.3 Å². The third-order valence-corrected chi connectivity index (χ3v) is 4.02. The number of aliphatic imine (C=N–C) groups is 1. The van der Waals surface area contributed by atoms with Crippen LogP contribution in [-0.4, -0.2) is 25.6 Å². The van der Waals surface area contributed by atoms with Gasteiger partial charge in [-0.3, -0.25) is 4.99 Å². The van der Waals surface area contributed by atoms with Crippen molar-refractivity contribution in [2.75, 3.05) is 19.6 Å². The van der Waals surface area contributed by atoms with Crippen LogP contribution in [-0.2, 0) is 5.41 Å². The fourth-order valence-corrected chi connectivity index (χ4v) is 2.56. The van der Waals surface area contributed by atoms with Crippen molar-refractivity contribution in [1.29, 1.82) is 0 Å². The SMILES string of the molecule is CC(C)(CNC1=NCCCN1)c1cccs1.I. The maximum atomic E-state index is 4.41. The van der Waals surface area contributed by atoms with E-state index in [9.17, 15) is 0 Å². The second-order valence-electron chi connectivity index (χ2n) is 4.73. The Kier molecular flexibility index (Phi) is 5.72. The molecule has 1 aromatic rings. The van der Waals surface area contributed by atoms with Crippen molar-refractivity contribution in [3.8, 4) is 0 Å². The standard InChI is InChI=1S/C12H19N3S.HI/c1-12(2,10-5-3-8-16-10)9-15-11-13-6-4-7-14-11;/h3,5,8H,4,6-7,9H2,1-2H3,(H2,13,14,15);1H. The summed E-state index contributed by atoms with van der Waals surface area (Å²) in [5.74, 6) is 0.955. The Morgan fingerprint density at radius 1 is 1.53 bits per heavy atom. The Morgan fingerprint density at radius 2 is 2.35 bits per heavy atom. The third-order valence-electron chi connectivity index (χ3n) is 2.78. The third kappa shape index (κ3) is 4.13. The molecule has 0 bridgehead atoms. The highest BCUT2D eigenvalue weighted by atomic mass is 127. The normalized spacial score (nSPS) is 15.5. The molecule has 0 saturated carbocycles. The van der Waals surface area contributed by atoms with Crippen LogP contribution in [0, 0.1) is 0 Å². The van der Waals surface area contributed by atoms with Gasteiger partial charge in [-0.1, -0.05) is 19.9 Å². The summed E-state index contributed by atoms with van der Waals surface area (Å²) in [6.45, 7) is 7.41. The molecule has 17 heavy (non-hydrogen) atoms. The van der Waals surface area contributed by atoms with E-state index in [-0.39, 0.29) is 29.4 Å². The van der Waals surface area contributed by atoms with E-state index in [1.807, 2.05) is 11.3 Å². The molecule has 1 aromatic heterocycles. The lowest BCUT2D eigenvalue weighted by Crippen LogP contribution is -2.45. The maximum absolute atomic E-state index is 4.41. The Morgan fingerprint density at radius 3 is 2.94 bits per heavy atom. The van der Waals surface area contributed by atoms with Crippen LogP contribution in [0.5, 0.6) is 0 Å². The average molecular weight is 365 g/mol. The Hall–Kier alpha value is -0.300. The molecule has 2 N–H and O–H groups in total. The van der Waals surface area contributed by atoms with Gasteiger partial charge in [0.05, 0.1) is 0 Å². The maximum Gasteiger partial charge on any atom is 0.191 e. The summed E-state index contributed by atoms with van der Waals surface area (Å²) in [6.07, 6.45) is 1.14. The number of nitrogens with one attached hydrogen (secondary N) is 2. The summed E-state index contributed by atoms with van der Waals surface area (Å²) in [5.41, 5.74) is 0.163. The molecule has 2 heterocycles. The number of guanidine groups is 1. The molecule has 1 aliphatic rings. The molecular formula is C12H20IN3S. The first-order chi connectivity index (χ1) is 7.68. The highest BCUT2D eigenvalue weighted by Gasteiger charge is 2.22. The zero-order valence-electron chi connectivity index (χ0n) is 10.3. The van der Waals surface area contributed by atoms with Crippen LogP contribution in [0.1, 0.15) is 25.1 Å². The van der Waals surface area contributed by atoms with Crippen LogP contribution in [0.25, 0.3) is 0 Å². The summed E-state index contributed by atoms with van der Waals surface area (Å²) in [6, 6.07) is 4.31. The van der Waals surface area contributed by atoms with Crippen molar-refractivity contribution >= 4 is 41.3 Å². The monoisotopic (exact) mass is 365 g/mol. The van der Waals surface area contributed by atoms with Gasteiger partial charge in [0.25, 0.3) is 0 Å². The molecule has 96 valence electrons. The summed E-state index contributed by atoms with van der Waals surface area (Å²) in [5, 5.41) is 8.81. The zero-order valence-corrected chi connectivity index (χ0v) is 13.5. The minimum atomic E-state index is 0. The highest BCUT2D eigenvalue weighted by molar-refractivity contribution is 14.0. The number of rotatable bonds is 3. The number of halogens is 1. The lowest BCUT2D eigenvalue weighted by Gasteiger charge is -2.26. The van der Waals surface area contributed by atoms with Gasteiger partial charge in [0.2, 0.25) is 0 Å². The van der Waals surface area contributed by atoms with E-state index in [0.29, 0.717) is 0 Å². The van der Waals surface area contributed by atoms with Crippen molar-refractivity contribution < 1.29 is 0 Å². The Balaban J connectivity index is 0.00000144. The zero-order chi connectivity index (χ0) is 11.4. The molecule has 1 aliphatic heterocycles. The number of thiophene rings is 1. The van der Waals surface area contributed by atoms with E-state index in [1.165, 1.54) is 4.88 Å². The molecule has 5 heteroatoms. The van der Waals surface area contributed by atoms with E-state index < -0.39 is 0 Å². The second kappa shape index (κ2) is 6.58. The molecule has 0 atom stereocenters. The molecule has 0 amide bonds. The molecule has 0 aliphatic carbocycles. The van der Waals surface area contributed by atoms with Crippen molar-refractivity contribution in [2.24, 2.45) is 4.99 Å². The molecule has 0 aromatic carbocycles. The summed E-state index contributed by atoms with van der Waals surface area (Å²) in [4.78, 5) is 5.83. The van der Waals surface area contributed by atoms with Gasteiger partial charge in [0.1, 0.15) is 0 Å². The summed E-state index contributed by atoms with van der Waals surface area (Å²) < 4.78 is 0. The van der Waals surface area contributed by atoms with E-state index in [4.69, 9.17) is 0 Å². The fraction of sp³-hybridized carbons (Fsp3) is 0.583. The van der Waals surface area contributed by atoms with Crippen LogP contribution >= 0.6 is 35.3 Å². The Labute approximate surface area is 124 Å². The first-order valence-electron chi connectivity index (χ1n) is 5.75. The largest absolute Gasteiger partial charge is 0.356 e. The molecule has 2 rings (SSSR count). The smallest absolute Gasteiger partial charge is 0.191 e. The molecule has 0 unspecified atom stereocenters. The van der Waals surface area contributed by atoms with Gasteiger partial charge < -0.3 is 10.6 Å². The predicted molar refractivity (Wildman–Crippen MR) is 85.7 cm³/mol. The van der Waals surface area contributed by atoms with E-state index in [1.54, 1.807) is 0 Å². The van der Waals surface area contributed by atoms with Crippen LogP contribution in [0.15, 0.2) is 22.5 Å². The van der Waals surface area contributed by atoms with Gasteiger partial charge >= 0.3 is 0 Å². The predicted octanol–water partition coefficient (Wildman–Crippen LogP) is 2.58. The fourth-order valence-electron chi connectivity index (χ4n) is 1.71. The van der Waals surface area contributed by atoms with Crippen LogP contribution < -0.4 is 10.6 Å². The van der Waals surface area contributed by atoms with Gasteiger partial charge in [0.15, 0.2) is 5.96 Å². The lowest BCUT2D eigenvalue weighted by molar-refractivity contribution is 0.515. The van der Waals surface area contributed by atoms with Crippen molar-refractivity contribution in [3.63, 3.8) is 0 Å². The van der Waals surface area contributed by atoms with Crippen molar-refractivity contribution in [2.45, 2.75) is 25.7 Å². The summed E-state index contributed by atoms with van der Waals surface area (Å²) in [7, 11) is 0. The van der Waals surface area contributed by atoms with E-state index in [2.05, 4.69) is 47.0 Å². The average Bonchev–Trinajstić information content (AvgIpc) is 2.82. The molecule has 0 radical (unpaired) electrons. The van der Waals surface area contributed by atoms with Gasteiger partial charge in [-0.05, 0) is 17.9 Å². The molecule has 0 fully saturated rings. The van der Waals surface area contributed by atoms with Crippen molar-refractivity contribution in [3.05, 3.63) is 22.4 Å². The second-order valence-corrected chi connectivity index (χ2v) is 5.67. The Bertz CT molecular complexity index is 360. The molecule has 0 saturated heterocycles. The van der Waals surface area contributed by atoms with Crippen LogP contribution in [0.3, 0.4) is 0 Å². The molecular weight excluding hydrogens is 345 g/mol. The lowest BCUT2D eigenvalue weighted by atomic mass is 9.91. The number of hydrogen-bond acceptors (Lipinski definition) is 4.